The van der Waals surface area contributed by atoms with Gasteiger partial charge in [0, 0.05) is 5.75 Å². The van der Waals surface area contributed by atoms with E-state index < -0.39 is 0 Å². The predicted octanol–water partition coefficient (Wildman–Crippen LogP) is 9.95. The molecule has 0 saturated carbocycles. The summed E-state index contributed by atoms with van der Waals surface area (Å²) < 4.78 is 0. The van der Waals surface area contributed by atoms with Crippen molar-refractivity contribution in [2.75, 3.05) is 0 Å². The SMILES string of the molecule is C=CC(C)(C(C)C)C(C)C(C)(C)C(CC(C)(C)C(C)CCCC)c1ccc(CS)cc1. The van der Waals surface area contributed by atoms with Crippen molar-refractivity contribution in [1.82, 2.24) is 0 Å². The fraction of sp³-hybridized carbons (Fsp3) is 0.733. The molecule has 0 aliphatic rings. The molecule has 4 atom stereocenters. The van der Waals surface area contributed by atoms with Crippen LogP contribution in [0.2, 0.25) is 0 Å². The molecule has 1 aromatic rings. The van der Waals surface area contributed by atoms with Crippen LogP contribution in [0.1, 0.15) is 112 Å². The highest BCUT2D eigenvalue weighted by Gasteiger charge is 2.46. The normalized spacial score (nSPS) is 17.8. The van der Waals surface area contributed by atoms with Gasteiger partial charge in [0.25, 0.3) is 0 Å². The van der Waals surface area contributed by atoms with Crippen molar-refractivity contribution < 1.29 is 0 Å². The van der Waals surface area contributed by atoms with Crippen LogP contribution in [0.4, 0.5) is 0 Å². The van der Waals surface area contributed by atoms with Crippen LogP contribution in [-0.2, 0) is 5.75 Å². The summed E-state index contributed by atoms with van der Waals surface area (Å²) in [6.45, 7) is 28.6. The summed E-state index contributed by atoms with van der Waals surface area (Å²) in [5, 5.41) is 0. The number of allylic oxidation sites excluding steroid dienone is 1. The third-order valence-electron chi connectivity index (χ3n) is 9.25. The van der Waals surface area contributed by atoms with E-state index in [1.165, 1.54) is 36.8 Å². The minimum Gasteiger partial charge on any atom is -0.175 e. The monoisotopic (exact) mass is 444 g/mol. The Morgan fingerprint density at radius 3 is 1.94 bits per heavy atom. The van der Waals surface area contributed by atoms with Crippen molar-refractivity contribution >= 4 is 12.6 Å². The van der Waals surface area contributed by atoms with Gasteiger partial charge in [-0.3, -0.25) is 0 Å². The molecule has 1 rings (SSSR count). The van der Waals surface area contributed by atoms with E-state index in [2.05, 4.69) is 119 Å². The topological polar surface area (TPSA) is 0 Å². The second kappa shape index (κ2) is 11.4. The molecule has 1 heteroatoms. The van der Waals surface area contributed by atoms with Crippen molar-refractivity contribution in [2.24, 2.45) is 34.0 Å². The molecule has 0 nitrogen and oxygen atoms in total. The Bertz CT molecular complexity index is 666. The molecule has 0 aliphatic heterocycles. The van der Waals surface area contributed by atoms with Crippen molar-refractivity contribution in [1.29, 1.82) is 0 Å². The van der Waals surface area contributed by atoms with Crippen LogP contribution in [0, 0.1) is 34.0 Å². The van der Waals surface area contributed by atoms with E-state index in [0.29, 0.717) is 29.1 Å². The number of thiol groups is 1. The van der Waals surface area contributed by atoms with Crippen molar-refractivity contribution in [2.45, 2.75) is 107 Å². The average Bonchev–Trinajstić information content (AvgIpc) is 2.74. The molecule has 0 spiro atoms. The molecule has 31 heavy (non-hydrogen) atoms. The van der Waals surface area contributed by atoms with Crippen molar-refractivity contribution in [3.8, 4) is 0 Å². The van der Waals surface area contributed by atoms with Gasteiger partial charge in [0.15, 0.2) is 0 Å². The molecule has 0 fully saturated rings. The molecular weight excluding hydrogens is 392 g/mol. The van der Waals surface area contributed by atoms with E-state index in [1.807, 2.05) is 0 Å². The summed E-state index contributed by atoms with van der Waals surface area (Å²) in [7, 11) is 0. The van der Waals surface area contributed by atoms with Gasteiger partial charge >= 0.3 is 0 Å². The molecule has 0 N–H and O–H groups in total. The number of unbranched alkanes of at least 4 members (excludes halogenated alkanes) is 1. The Morgan fingerprint density at radius 1 is 0.968 bits per heavy atom. The van der Waals surface area contributed by atoms with Gasteiger partial charge in [0.05, 0.1) is 0 Å². The molecule has 0 bridgehead atoms. The molecule has 178 valence electrons. The first-order chi connectivity index (χ1) is 14.3. The van der Waals surface area contributed by atoms with Gasteiger partial charge < -0.3 is 0 Å². The Morgan fingerprint density at radius 2 is 1.52 bits per heavy atom. The maximum atomic E-state index is 4.48. The second-order valence-electron chi connectivity index (χ2n) is 12.0. The minimum atomic E-state index is 0.102. The van der Waals surface area contributed by atoms with Gasteiger partial charge in [-0.15, -0.1) is 6.58 Å². The van der Waals surface area contributed by atoms with Crippen LogP contribution < -0.4 is 0 Å². The summed E-state index contributed by atoms with van der Waals surface area (Å²) in [5.41, 5.74) is 3.31. The quantitative estimate of drug-likeness (QED) is 0.227. The highest BCUT2D eigenvalue weighted by Crippen LogP contribution is 2.55. The summed E-state index contributed by atoms with van der Waals surface area (Å²) >= 11 is 4.48. The second-order valence-corrected chi connectivity index (χ2v) is 12.3. The van der Waals surface area contributed by atoms with Crippen LogP contribution in [0.25, 0.3) is 0 Å². The van der Waals surface area contributed by atoms with Gasteiger partial charge in [0.1, 0.15) is 0 Å². The van der Waals surface area contributed by atoms with E-state index in [-0.39, 0.29) is 10.8 Å². The number of rotatable bonds is 13. The molecule has 0 aromatic heterocycles. The van der Waals surface area contributed by atoms with Gasteiger partial charge in [-0.1, -0.05) is 119 Å². The van der Waals surface area contributed by atoms with E-state index in [9.17, 15) is 0 Å². The Kier molecular flexibility index (Phi) is 10.5. The molecule has 0 saturated heterocycles. The fourth-order valence-corrected chi connectivity index (χ4v) is 5.52. The van der Waals surface area contributed by atoms with E-state index in [1.54, 1.807) is 0 Å². The molecule has 1 aromatic carbocycles. The standard InChI is InChI=1S/C30H52S/c1-12-14-15-23(5)28(7,8)20-27(26-18-16-25(21-31)17-19-26)29(9,10)24(6)30(11,13-2)22(3)4/h13,16-19,22-24,27,31H,2,12,14-15,20-21H2,1,3-11H3. The largest absolute Gasteiger partial charge is 0.175 e. The predicted molar refractivity (Wildman–Crippen MR) is 145 cm³/mol. The summed E-state index contributed by atoms with van der Waals surface area (Å²) in [6.07, 6.45) is 7.36. The lowest BCUT2D eigenvalue weighted by Crippen LogP contribution is -2.43. The molecule has 4 unspecified atom stereocenters. The third-order valence-corrected chi connectivity index (χ3v) is 9.62. The van der Waals surface area contributed by atoms with Crippen LogP contribution >= 0.6 is 12.6 Å². The molecular formula is C30H52S. The van der Waals surface area contributed by atoms with Crippen molar-refractivity contribution in [3.63, 3.8) is 0 Å². The van der Waals surface area contributed by atoms with Gasteiger partial charge in [-0.05, 0) is 57.5 Å². The van der Waals surface area contributed by atoms with Crippen molar-refractivity contribution in [3.05, 3.63) is 48.0 Å². The van der Waals surface area contributed by atoms with E-state index >= 15 is 0 Å². The van der Waals surface area contributed by atoms with Gasteiger partial charge in [-0.25, -0.2) is 0 Å². The maximum Gasteiger partial charge on any atom is 0.0154 e. The van der Waals surface area contributed by atoms with Gasteiger partial charge in [0.2, 0.25) is 0 Å². The zero-order valence-electron chi connectivity index (χ0n) is 22.4. The first-order valence-electron chi connectivity index (χ1n) is 12.6. The molecule has 0 aliphatic carbocycles. The number of benzene rings is 1. The fourth-order valence-electron chi connectivity index (χ4n) is 5.31. The highest BCUT2D eigenvalue weighted by atomic mass is 32.1. The maximum absolute atomic E-state index is 4.48. The smallest absolute Gasteiger partial charge is 0.0154 e. The average molecular weight is 445 g/mol. The lowest BCUT2D eigenvalue weighted by Gasteiger charge is -2.51. The van der Waals surface area contributed by atoms with E-state index in [0.717, 1.165) is 5.75 Å². The lowest BCUT2D eigenvalue weighted by molar-refractivity contribution is 0.0297. The highest BCUT2D eigenvalue weighted by molar-refractivity contribution is 7.79. The van der Waals surface area contributed by atoms with Gasteiger partial charge in [-0.2, -0.15) is 12.6 Å². The summed E-state index contributed by atoms with van der Waals surface area (Å²) in [5.74, 6) is 3.07. The Balaban J connectivity index is 3.45. The van der Waals surface area contributed by atoms with Crippen LogP contribution in [0.5, 0.6) is 0 Å². The molecule has 0 radical (unpaired) electrons. The lowest BCUT2D eigenvalue weighted by atomic mass is 9.53. The van der Waals surface area contributed by atoms with Crippen LogP contribution in [0.3, 0.4) is 0 Å². The minimum absolute atomic E-state index is 0.102. The summed E-state index contributed by atoms with van der Waals surface area (Å²) in [6, 6.07) is 9.30. The van der Waals surface area contributed by atoms with E-state index in [4.69, 9.17) is 0 Å². The van der Waals surface area contributed by atoms with Crippen LogP contribution in [0.15, 0.2) is 36.9 Å². The zero-order chi connectivity index (χ0) is 24.0. The molecule has 0 amide bonds. The zero-order valence-corrected chi connectivity index (χ0v) is 23.3. The first-order valence-corrected chi connectivity index (χ1v) is 13.2. The molecule has 0 heterocycles. The Labute approximate surface area is 201 Å². The third kappa shape index (κ3) is 6.66. The summed E-state index contributed by atoms with van der Waals surface area (Å²) in [4.78, 5) is 0. The Hall–Kier alpha value is -0.690. The number of hydrogen-bond donors (Lipinski definition) is 1. The first kappa shape index (κ1) is 28.3. The number of hydrogen-bond acceptors (Lipinski definition) is 1. The van der Waals surface area contributed by atoms with Crippen LogP contribution in [-0.4, -0.2) is 0 Å².